The third-order valence-corrected chi connectivity index (χ3v) is 4.11. The van der Waals surface area contributed by atoms with Crippen molar-refractivity contribution in [3.05, 3.63) is 95.1 Å². The molecule has 0 aliphatic rings. The summed E-state index contributed by atoms with van der Waals surface area (Å²) in [6, 6.07) is 21.8. The highest BCUT2D eigenvalue weighted by atomic mass is 16.2. The summed E-state index contributed by atoms with van der Waals surface area (Å²) in [6.45, 7) is 3.92. The molecule has 0 saturated heterocycles. The molecule has 0 fully saturated rings. The van der Waals surface area contributed by atoms with Crippen LogP contribution in [0.4, 0.5) is 11.4 Å². The number of nitrogens with one attached hydrogen (secondary N) is 2. The zero-order chi connectivity index (χ0) is 18.5. The molecular formula is C22H20N2O2. The molecule has 0 aromatic heterocycles. The van der Waals surface area contributed by atoms with Gasteiger partial charge in [0.2, 0.25) is 0 Å². The summed E-state index contributed by atoms with van der Waals surface area (Å²) in [7, 11) is 0. The summed E-state index contributed by atoms with van der Waals surface area (Å²) in [5, 5.41) is 5.72. The number of hydrogen-bond donors (Lipinski definition) is 2. The standard InChI is InChI=1S/C22H20N2O2/c1-15-7-9-17(10-8-15)21(25)23-19-13-11-18(12-14-19)22(26)24-20-6-4-3-5-16(20)2/h3-14H,1-2H3,(H,23,25)(H,24,26). The Labute approximate surface area is 152 Å². The van der Waals surface area contributed by atoms with Gasteiger partial charge in [0.25, 0.3) is 11.8 Å². The van der Waals surface area contributed by atoms with Crippen LogP contribution in [0.5, 0.6) is 0 Å². The van der Waals surface area contributed by atoms with Crippen LogP contribution >= 0.6 is 0 Å². The van der Waals surface area contributed by atoms with Crippen LogP contribution in [0.15, 0.2) is 72.8 Å². The molecule has 0 atom stereocenters. The fourth-order valence-corrected chi connectivity index (χ4v) is 2.52. The van der Waals surface area contributed by atoms with Crippen LogP contribution < -0.4 is 10.6 Å². The first-order valence-corrected chi connectivity index (χ1v) is 8.38. The SMILES string of the molecule is Cc1ccc(C(=O)Nc2ccc(C(=O)Nc3ccccc3C)cc2)cc1. The lowest BCUT2D eigenvalue weighted by Gasteiger charge is -2.09. The minimum absolute atomic E-state index is 0.179. The van der Waals surface area contributed by atoms with Crippen molar-refractivity contribution >= 4 is 23.2 Å². The summed E-state index contributed by atoms with van der Waals surface area (Å²) < 4.78 is 0. The summed E-state index contributed by atoms with van der Waals surface area (Å²) in [5.41, 5.74) is 4.66. The van der Waals surface area contributed by atoms with Gasteiger partial charge in [-0.3, -0.25) is 9.59 Å². The van der Waals surface area contributed by atoms with Crippen LogP contribution in [0.25, 0.3) is 0 Å². The lowest BCUT2D eigenvalue weighted by molar-refractivity contribution is 0.102. The van der Waals surface area contributed by atoms with Gasteiger partial charge in [0.1, 0.15) is 0 Å². The van der Waals surface area contributed by atoms with Gasteiger partial charge in [-0.2, -0.15) is 0 Å². The predicted octanol–water partition coefficient (Wildman–Crippen LogP) is 4.81. The van der Waals surface area contributed by atoms with E-state index >= 15 is 0 Å². The van der Waals surface area contributed by atoms with Crippen LogP contribution in [-0.4, -0.2) is 11.8 Å². The number of carbonyl (C=O) groups excluding carboxylic acids is 2. The third-order valence-electron chi connectivity index (χ3n) is 4.11. The van der Waals surface area contributed by atoms with E-state index < -0.39 is 0 Å². The van der Waals surface area contributed by atoms with E-state index in [2.05, 4.69) is 10.6 Å². The van der Waals surface area contributed by atoms with E-state index in [1.165, 1.54) is 0 Å². The monoisotopic (exact) mass is 344 g/mol. The quantitative estimate of drug-likeness (QED) is 0.714. The van der Waals surface area contributed by atoms with Gasteiger partial charge in [0.05, 0.1) is 0 Å². The van der Waals surface area contributed by atoms with Gasteiger partial charge in [-0.05, 0) is 61.9 Å². The normalized spacial score (nSPS) is 10.2. The van der Waals surface area contributed by atoms with Crippen LogP contribution in [0, 0.1) is 13.8 Å². The average Bonchev–Trinajstić information content (AvgIpc) is 2.64. The highest BCUT2D eigenvalue weighted by Gasteiger charge is 2.09. The lowest BCUT2D eigenvalue weighted by atomic mass is 10.1. The fourth-order valence-electron chi connectivity index (χ4n) is 2.52. The van der Waals surface area contributed by atoms with Gasteiger partial charge < -0.3 is 10.6 Å². The highest BCUT2D eigenvalue weighted by Crippen LogP contribution is 2.16. The van der Waals surface area contributed by atoms with Crippen molar-refractivity contribution in [2.45, 2.75) is 13.8 Å². The summed E-state index contributed by atoms with van der Waals surface area (Å²) in [6.07, 6.45) is 0. The zero-order valence-corrected chi connectivity index (χ0v) is 14.7. The molecule has 4 nitrogen and oxygen atoms in total. The van der Waals surface area contributed by atoms with Gasteiger partial charge in [0.15, 0.2) is 0 Å². The Balaban J connectivity index is 1.66. The summed E-state index contributed by atoms with van der Waals surface area (Å²) >= 11 is 0. The molecule has 3 aromatic rings. The second kappa shape index (κ2) is 7.66. The zero-order valence-electron chi connectivity index (χ0n) is 14.7. The molecule has 2 N–H and O–H groups in total. The van der Waals surface area contributed by atoms with Crippen molar-refractivity contribution in [1.29, 1.82) is 0 Å². The average molecular weight is 344 g/mol. The van der Waals surface area contributed by atoms with E-state index in [-0.39, 0.29) is 11.8 Å². The maximum absolute atomic E-state index is 12.4. The smallest absolute Gasteiger partial charge is 0.255 e. The molecule has 0 saturated carbocycles. The molecule has 0 heterocycles. The molecule has 0 unspecified atom stereocenters. The second-order valence-electron chi connectivity index (χ2n) is 6.17. The highest BCUT2D eigenvalue weighted by molar-refractivity contribution is 6.06. The lowest BCUT2D eigenvalue weighted by Crippen LogP contribution is -2.14. The molecular weight excluding hydrogens is 324 g/mol. The molecule has 2 amide bonds. The summed E-state index contributed by atoms with van der Waals surface area (Å²) in [5.74, 6) is -0.363. The molecule has 3 rings (SSSR count). The Morgan fingerprint density at radius 2 is 1.19 bits per heavy atom. The number of hydrogen-bond acceptors (Lipinski definition) is 2. The van der Waals surface area contributed by atoms with Crippen molar-refractivity contribution in [2.75, 3.05) is 10.6 Å². The molecule has 4 heteroatoms. The Morgan fingerprint density at radius 3 is 1.81 bits per heavy atom. The first-order valence-electron chi connectivity index (χ1n) is 8.38. The second-order valence-corrected chi connectivity index (χ2v) is 6.17. The Bertz CT molecular complexity index is 929. The van der Waals surface area contributed by atoms with E-state index in [1.54, 1.807) is 36.4 Å². The maximum atomic E-state index is 12.4. The van der Waals surface area contributed by atoms with Gasteiger partial charge in [-0.15, -0.1) is 0 Å². The topological polar surface area (TPSA) is 58.2 Å². The number of carbonyl (C=O) groups is 2. The number of aryl methyl sites for hydroxylation is 2. The molecule has 0 spiro atoms. The molecule has 3 aromatic carbocycles. The molecule has 26 heavy (non-hydrogen) atoms. The summed E-state index contributed by atoms with van der Waals surface area (Å²) in [4.78, 5) is 24.6. The predicted molar refractivity (Wildman–Crippen MR) is 105 cm³/mol. The third kappa shape index (κ3) is 4.16. The van der Waals surface area contributed by atoms with Crippen LogP contribution in [-0.2, 0) is 0 Å². The van der Waals surface area contributed by atoms with Gasteiger partial charge in [-0.1, -0.05) is 35.9 Å². The number of amides is 2. The van der Waals surface area contributed by atoms with Crippen LogP contribution in [0.1, 0.15) is 31.8 Å². The number of rotatable bonds is 4. The molecule has 0 bridgehead atoms. The van der Waals surface area contributed by atoms with Crippen molar-refractivity contribution in [1.82, 2.24) is 0 Å². The van der Waals surface area contributed by atoms with Crippen LogP contribution in [0.3, 0.4) is 0 Å². The van der Waals surface area contributed by atoms with Gasteiger partial charge in [0, 0.05) is 22.5 Å². The van der Waals surface area contributed by atoms with Crippen molar-refractivity contribution < 1.29 is 9.59 Å². The van der Waals surface area contributed by atoms with Crippen molar-refractivity contribution in [3.63, 3.8) is 0 Å². The number of benzene rings is 3. The van der Waals surface area contributed by atoms with Crippen molar-refractivity contribution in [3.8, 4) is 0 Å². The molecule has 130 valence electrons. The minimum Gasteiger partial charge on any atom is -0.322 e. The first kappa shape index (κ1) is 17.4. The number of anilines is 2. The van der Waals surface area contributed by atoms with Gasteiger partial charge in [-0.25, -0.2) is 0 Å². The van der Waals surface area contributed by atoms with E-state index in [0.717, 1.165) is 16.8 Å². The van der Waals surface area contributed by atoms with Crippen molar-refractivity contribution in [2.24, 2.45) is 0 Å². The Hall–Kier alpha value is -3.40. The molecule has 0 aliphatic heterocycles. The largest absolute Gasteiger partial charge is 0.322 e. The minimum atomic E-state index is -0.185. The number of para-hydroxylation sites is 1. The Kier molecular flexibility index (Phi) is 5.13. The maximum Gasteiger partial charge on any atom is 0.255 e. The fraction of sp³-hybridized carbons (Fsp3) is 0.0909. The van der Waals surface area contributed by atoms with Crippen LogP contribution in [0.2, 0.25) is 0 Å². The molecule has 0 radical (unpaired) electrons. The van der Waals surface area contributed by atoms with Gasteiger partial charge >= 0.3 is 0 Å². The molecule has 0 aliphatic carbocycles. The van der Waals surface area contributed by atoms with E-state index in [4.69, 9.17) is 0 Å². The first-order chi connectivity index (χ1) is 12.5. The van der Waals surface area contributed by atoms with E-state index in [1.807, 2.05) is 50.2 Å². The Morgan fingerprint density at radius 1 is 0.654 bits per heavy atom. The van der Waals surface area contributed by atoms with E-state index in [9.17, 15) is 9.59 Å². The van der Waals surface area contributed by atoms with E-state index in [0.29, 0.717) is 16.8 Å².